The third-order valence-electron chi connectivity index (χ3n) is 3.66. The van der Waals surface area contributed by atoms with E-state index in [-0.39, 0.29) is 30.5 Å². The zero-order chi connectivity index (χ0) is 19.1. The van der Waals surface area contributed by atoms with E-state index in [1.165, 1.54) is 13.2 Å². The van der Waals surface area contributed by atoms with Gasteiger partial charge in [-0.15, -0.1) is 10.2 Å². The van der Waals surface area contributed by atoms with Crippen LogP contribution in [0.5, 0.6) is 11.5 Å². The minimum absolute atomic E-state index is 0.105. The van der Waals surface area contributed by atoms with E-state index >= 15 is 0 Å². The summed E-state index contributed by atoms with van der Waals surface area (Å²) in [5.41, 5.74) is 0.241. The van der Waals surface area contributed by atoms with Crippen LogP contribution in [0.1, 0.15) is 5.89 Å². The van der Waals surface area contributed by atoms with Crippen LogP contribution in [-0.4, -0.2) is 36.4 Å². The fraction of sp³-hybridized carbons (Fsp3) is 0.211. The van der Waals surface area contributed by atoms with Crippen LogP contribution in [0, 0.1) is 5.82 Å². The second-order valence-corrected chi connectivity index (χ2v) is 5.52. The van der Waals surface area contributed by atoms with E-state index in [2.05, 4.69) is 15.5 Å². The molecule has 0 radical (unpaired) electrons. The molecule has 1 heterocycles. The van der Waals surface area contributed by atoms with E-state index in [4.69, 9.17) is 13.9 Å². The van der Waals surface area contributed by atoms with Crippen LogP contribution in [0.4, 0.5) is 4.39 Å². The molecule has 0 spiro atoms. The first-order valence-corrected chi connectivity index (χ1v) is 8.27. The number of amides is 1. The smallest absolute Gasteiger partial charge is 0.257 e. The molecule has 1 aromatic heterocycles. The van der Waals surface area contributed by atoms with Crippen LogP contribution in [0.2, 0.25) is 0 Å². The molecule has 0 saturated carbocycles. The highest BCUT2D eigenvalue weighted by Crippen LogP contribution is 2.25. The third-order valence-corrected chi connectivity index (χ3v) is 3.66. The highest BCUT2D eigenvalue weighted by atomic mass is 19.1. The number of rotatable bonds is 8. The number of methoxy groups -OCH3 is 1. The van der Waals surface area contributed by atoms with Gasteiger partial charge in [0, 0.05) is 13.0 Å². The van der Waals surface area contributed by atoms with Gasteiger partial charge >= 0.3 is 0 Å². The Morgan fingerprint density at radius 1 is 1.11 bits per heavy atom. The molecule has 3 rings (SSSR count). The molecule has 0 aliphatic rings. The molecular formula is C19H18FN3O4. The van der Waals surface area contributed by atoms with Gasteiger partial charge < -0.3 is 19.2 Å². The second-order valence-electron chi connectivity index (χ2n) is 5.52. The van der Waals surface area contributed by atoms with Crippen molar-refractivity contribution in [2.45, 2.75) is 6.42 Å². The Morgan fingerprint density at radius 2 is 1.85 bits per heavy atom. The van der Waals surface area contributed by atoms with Gasteiger partial charge in [0.05, 0.1) is 12.7 Å². The number of aromatic nitrogens is 2. The predicted molar refractivity (Wildman–Crippen MR) is 94.9 cm³/mol. The first kappa shape index (κ1) is 18.4. The van der Waals surface area contributed by atoms with E-state index in [0.717, 1.165) is 0 Å². The SMILES string of the molecule is COc1ccccc1OCC(=O)NCCc1nnc(-c2ccccc2F)o1. The Bertz CT molecular complexity index is 913. The number of nitrogens with zero attached hydrogens (tertiary/aromatic N) is 2. The van der Waals surface area contributed by atoms with Crippen molar-refractivity contribution in [1.29, 1.82) is 0 Å². The monoisotopic (exact) mass is 371 g/mol. The van der Waals surface area contributed by atoms with Crippen LogP contribution in [-0.2, 0) is 11.2 Å². The number of halogens is 1. The Balaban J connectivity index is 1.46. The summed E-state index contributed by atoms with van der Waals surface area (Å²) in [6.07, 6.45) is 0.321. The van der Waals surface area contributed by atoms with Gasteiger partial charge in [-0.3, -0.25) is 4.79 Å². The average molecular weight is 371 g/mol. The van der Waals surface area contributed by atoms with Gasteiger partial charge in [-0.25, -0.2) is 4.39 Å². The van der Waals surface area contributed by atoms with Gasteiger partial charge in [0.25, 0.3) is 11.8 Å². The van der Waals surface area contributed by atoms with Crippen LogP contribution < -0.4 is 14.8 Å². The lowest BCUT2D eigenvalue weighted by Crippen LogP contribution is -2.30. The molecule has 0 bridgehead atoms. The molecule has 27 heavy (non-hydrogen) atoms. The molecule has 0 saturated heterocycles. The number of carbonyl (C=O) groups excluding carboxylic acids is 1. The van der Waals surface area contributed by atoms with Crippen LogP contribution in [0.25, 0.3) is 11.5 Å². The van der Waals surface area contributed by atoms with E-state index in [9.17, 15) is 9.18 Å². The summed E-state index contributed by atoms with van der Waals surface area (Å²) in [4.78, 5) is 11.9. The maximum absolute atomic E-state index is 13.7. The Hall–Kier alpha value is -3.42. The molecule has 0 unspecified atom stereocenters. The summed E-state index contributed by atoms with van der Waals surface area (Å²) in [5, 5.41) is 10.4. The molecule has 1 N–H and O–H groups in total. The lowest BCUT2D eigenvalue weighted by molar-refractivity contribution is -0.123. The van der Waals surface area contributed by atoms with E-state index in [1.54, 1.807) is 36.4 Å². The molecule has 0 atom stereocenters. The average Bonchev–Trinajstić information content (AvgIpc) is 3.15. The summed E-state index contributed by atoms with van der Waals surface area (Å²) in [5.74, 6) is 0.718. The summed E-state index contributed by atoms with van der Waals surface area (Å²) in [6, 6.07) is 13.2. The first-order valence-electron chi connectivity index (χ1n) is 8.27. The largest absolute Gasteiger partial charge is 0.493 e. The number of benzene rings is 2. The molecule has 0 fully saturated rings. The normalized spacial score (nSPS) is 10.4. The summed E-state index contributed by atoms with van der Waals surface area (Å²) in [6.45, 7) is 0.137. The summed E-state index contributed by atoms with van der Waals surface area (Å²) in [7, 11) is 1.53. The first-order chi connectivity index (χ1) is 13.2. The van der Waals surface area contributed by atoms with Crippen molar-refractivity contribution in [1.82, 2.24) is 15.5 Å². The number of carbonyl (C=O) groups is 1. The maximum atomic E-state index is 13.7. The van der Waals surface area contributed by atoms with Gasteiger partial charge in [-0.2, -0.15) is 0 Å². The number of hydrogen-bond donors (Lipinski definition) is 1. The molecule has 0 aliphatic heterocycles. The number of ether oxygens (including phenoxy) is 2. The molecule has 8 heteroatoms. The van der Waals surface area contributed by atoms with Crippen molar-refractivity contribution >= 4 is 5.91 Å². The van der Waals surface area contributed by atoms with Crippen molar-refractivity contribution in [2.24, 2.45) is 0 Å². The zero-order valence-corrected chi connectivity index (χ0v) is 14.6. The fourth-order valence-electron chi connectivity index (χ4n) is 2.34. The molecule has 140 valence electrons. The Morgan fingerprint density at radius 3 is 2.63 bits per heavy atom. The molecule has 0 aliphatic carbocycles. The fourth-order valence-corrected chi connectivity index (χ4v) is 2.34. The Labute approximate surface area is 155 Å². The minimum atomic E-state index is -0.436. The third kappa shape index (κ3) is 4.81. The van der Waals surface area contributed by atoms with E-state index in [0.29, 0.717) is 23.8 Å². The second kappa shape index (κ2) is 8.79. The highest BCUT2D eigenvalue weighted by molar-refractivity contribution is 5.77. The molecule has 3 aromatic rings. The number of nitrogens with one attached hydrogen (secondary N) is 1. The van der Waals surface area contributed by atoms with Gasteiger partial charge in [-0.1, -0.05) is 24.3 Å². The van der Waals surface area contributed by atoms with Crippen molar-refractivity contribution in [3.8, 4) is 23.0 Å². The summed E-state index contributed by atoms with van der Waals surface area (Å²) >= 11 is 0. The van der Waals surface area contributed by atoms with Crippen molar-refractivity contribution in [3.05, 3.63) is 60.2 Å². The van der Waals surface area contributed by atoms with E-state index < -0.39 is 5.82 Å². The summed E-state index contributed by atoms with van der Waals surface area (Å²) < 4.78 is 29.7. The standard InChI is InChI=1S/C19H18FN3O4/c1-25-15-8-4-5-9-16(15)26-12-17(24)21-11-10-18-22-23-19(27-18)13-6-2-3-7-14(13)20/h2-9H,10-12H2,1H3,(H,21,24). The number of hydrogen-bond acceptors (Lipinski definition) is 6. The maximum Gasteiger partial charge on any atom is 0.257 e. The van der Waals surface area contributed by atoms with Crippen molar-refractivity contribution in [3.63, 3.8) is 0 Å². The van der Waals surface area contributed by atoms with Gasteiger partial charge in [0.1, 0.15) is 5.82 Å². The van der Waals surface area contributed by atoms with Gasteiger partial charge in [0.15, 0.2) is 18.1 Å². The topological polar surface area (TPSA) is 86.5 Å². The van der Waals surface area contributed by atoms with Crippen molar-refractivity contribution in [2.75, 3.05) is 20.3 Å². The van der Waals surface area contributed by atoms with E-state index in [1.807, 2.05) is 6.07 Å². The molecule has 7 nitrogen and oxygen atoms in total. The molecule has 1 amide bonds. The van der Waals surface area contributed by atoms with Crippen LogP contribution >= 0.6 is 0 Å². The van der Waals surface area contributed by atoms with Gasteiger partial charge in [0.2, 0.25) is 5.89 Å². The number of para-hydroxylation sites is 2. The quantitative estimate of drug-likeness (QED) is 0.655. The lowest BCUT2D eigenvalue weighted by Gasteiger charge is -2.10. The Kier molecular flexibility index (Phi) is 5.98. The van der Waals surface area contributed by atoms with Crippen molar-refractivity contribution < 1.29 is 23.1 Å². The van der Waals surface area contributed by atoms with Gasteiger partial charge in [-0.05, 0) is 24.3 Å². The predicted octanol–water partition coefficient (Wildman–Crippen LogP) is 2.62. The minimum Gasteiger partial charge on any atom is -0.493 e. The van der Waals surface area contributed by atoms with Crippen LogP contribution in [0.3, 0.4) is 0 Å². The highest BCUT2D eigenvalue weighted by Gasteiger charge is 2.13. The molecule has 2 aromatic carbocycles. The zero-order valence-electron chi connectivity index (χ0n) is 14.6. The molecular weight excluding hydrogens is 353 g/mol. The lowest BCUT2D eigenvalue weighted by atomic mass is 10.2. The van der Waals surface area contributed by atoms with Crippen LogP contribution in [0.15, 0.2) is 52.9 Å².